The van der Waals surface area contributed by atoms with Crippen molar-refractivity contribution >= 4 is 29.2 Å². The normalized spacial score (nSPS) is 23.9. The van der Waals surface area contributed by atoms with Gasteiger partial charge in [0.1, 0.15) is 5.82 Å². The molecule has 0 aromatic heterocycles. The number of hydrogen-bond acceptors (Lipinski definition) is 2. The van der Waals surface area contributed by atoms with Crippen molar-refractivity contribution in [3.63, 3.8) is 0 Å². The number of rotatable bonds is 2. The van der Waals surface area contributed by atoms with Gasteiger partial charge in [-0.2, -0.15) is 0 Å². The largest absolute Gasteiger partial charge is 0.481 e. The van der Waals surface area contributed by atoms with Crippen LogP contribution in [0.15, 0.2) is 12.1 Å². The average molecular weight is 278 g/mol. The first-order chi connectivity index (χ1) is 7.99. The zero-order valence-electron chi connectivity index (χ0n) is 8.71. The third-order valence-corrected chi connectivity index (χ3v) is 3.51. The smallest absolute Gasteiger partial charge is 0.307 e. The third kappa shape index (κ3) is 2.54. The van der Waals surface area contributed by atoms with E-state index in [4.69, 9.17) is 28.3 Å². The quantitative estimate of drug-likeness (QED) is 0.818. The molecule has 2 N–H and O–H groups in total. The summed E-state index contributed by atoms with van der Waals surface area (Å²) in [6.45, 7) is 0.380. The molecule has 1 aliphatic heterocycles. The predicted molar refractivity (Wildman–Crippen MR) is 62.9 cm³/mol. The summed E-state index contributed by atoms with van der Waals surface area (Å²) in [5.74, 6) is -1.86. The number of nitrogens with one attached hydrogen (secondary N) is 1. The summed E-state index contributed by atoms with van der Waals surface area (Å²) in [5, 5.41) is 12.2. The molecule has 1 aliphatic rings. The lowest BCUT2D eigenvalue weighted by Gasteiger charge is -2.13. The molecule has 92 valence electrons. The fourth-order valence-corrected chi connectivity index (χ4v) is 2.42. The Kier molecular flexibility index (Phi) is 3.56. The van der Waals surface area contributed by atoms with Crippen LogP contribution in [0.5, 0.6) is 0 Å². The van der Waals surface area contributed by atoms with Crippen LogP contribution in [0.25, 0.3) is 0 Å². The number of hydrogen-bond donors (Lipinski definition) is 2. The molecule has 3 nitrogen and oxygen atoms in total. The topological polar surface area (TPSA) is 49.3 Å². The van der Waals surface area contributed by atoms with Gasteiger partial charge >= 0.3 is 5.97 Å². The Morgan fingerprint density at radius 3 is 2.71 bits per heavy atom. The van der Waals surface area contributed by atoms with Crippen LogP contribution in [-0.2, 0) is 4.79 Å². The van der Waals surface area contributed by atoms with Crippen LogP contribution < -0.4 is 5.32 Å². The fraction of sp³-hybridized carbons (Fsp3) is 0.364. The summed E-state index contributed by atoms with van der Waals surface area (Å²) >= 11 is 11.6. The van der Waals surface area contributed by atoms with Crippen molar-refractivity contribution in [3.8, 4) is 0 Å². The third-order valence-electron chi connectivity index (χ3n) is 2.90. The molecule has 6 heteroatoms. The molecule has 0 bridgehead atoms. The molecule has 1 saturated heterocycles. The van der Waals surface area contributed by atoms with Gasteiger partial charge < -0.3 is 10.4 Å². The van der Waals surface area contributed by atoms with Gasteiger partial charge in [-0.15, -0.1) is 0 Å². The summed E-state index contributed by atoms with van der Waals surface area (Å²) < 4.78 is 13.1. The van der Waals surface area contributed by atoms with Crippen molar-refractivity contribution in [1.82, 2.24) is 5.32 Å². The van der Waals surface area contributed by atoms with Crippen LogP contribution >= 0.6 is 23.2 Å². The van der Waals surface area contributed by atoms with E-state index in [9.17, 15) is 9.18 Å². The molecule has 2 rings (SSSR count). The first-order valence-corrected chi connectivity index (χ1v) is 5.85. The first kappa shape index (κ1) is 12.6. The zero-order chi connectivity index (χ0) is 12.6. The highest BCUT2D eigenvalue weighted by Crippen LogP contribution is 2.34. The highest BCUT2D eigenvalue weighted by molar-refractivity contribution is 6.33. The lowest BCUT2D eigenvalue weighted by Crippen LogP contribution is -2.17. The Morgan fingerprint density at radius 2 is 2.12 bits per heavy atom. The lowest BCUT2D eigenvalue weighted by atomic mass is 10.00. The van der Waals surface area contributed by atoms with Crippen LogP contribution in [0.4, 0.5) is 4.39 Å². The van der Waals surface area contributed by atoms with Gasteiger partial charge in [-0.05, 0) is 24.1 Å². The molecule has 0 radical (unpaired) electrons. The van der Waals surface area contributed by atoms with E-state index in [0.717, 1.165) is 6.07 Å². The van der Waals surface area contributed by atoms with E-state index in [0.29, 0.717) is 18.5 Å². The monoisotopic (exact) mass is 277 g/mol. The Labute approximate surface area is 108 Å². The number of carbonyl (C=O) groups is 1. The number of carboxylic acids is 1. The van der Waals surface area contributed by atoms with Gasteiger partial charge in [0.05, 0.1) is 10.9 Å². The summed E-state index contributed by atoms with van der Waals surface area (Å²) in [6, 6.07) is 2.40. The van der Waals surface area contributed by atoms with E-state index in [1.165, 1.54) is 6.07 Å². The standard InChI is InChI=1S/C11H10Cl2FNO2/c12-7-3-9(14)8(13)2-6(7)10-1-5(4-15-10)11(16)17/h2-3,5,10,15H,1,4H2,(H,16,17). The summed E-state index contributed by atoms with van der Waals surface area (Å²) in [4.78, 5) is 10.8. The second kappa shape index (κ2) is 4.80. The van der Waals surface area contributed by atoms with Crippen molar-refractivity contribution < 1.29 is 14.3 Å². The minimum atomic E-state index is -0.843. The molecule has 1 aromatic carbocycles. The Morgan fingerprint density at radius 1 is 1.41 bits per heavy atom. The van der Waals surface area contributed by atoms with Crippen LogP contribution in [0.3, 0.4) is 0 Å². The van der Waals surface area contributed by atoms with E-state index in [2.05, 4.69) is 5.32 Å². The minimum absolute atomic E-state index is 0.00928. The van der Waals surface area contributed by atoms with Gasteiger partial charge in [0.2, 0.25) is 0 Å². The Hall–Kier alpha value is -0.840. The summed E-state index contributed by atoms with van der Waals surface area (Å²) in [7, 11) is 0. The van der Waals surface area contributed by atoms with Crippen LogP contribution in [0.1, 0.15) is 18.0 Å². The molecular weight excluding hydrogens is 268 g/mol. The number of halogens is 3. The predicted octanol–water partition coefficient (Wildman–Crippen LogP) is 2.87. The second-order valence-electron chi connectivity index (χ2n) is 4.02. The molecule has 0 saturated carbocycles. The van der Waals surface area contributed by atoms with Crippen molar-refractivity contribution in [2.45, 2.75) is 12.5 Å². The molecule has 17 heavy (non-hydrogen) atoms. The SMILES string of the molecule is O=C(O)C1CNC(c2cc(Cl)c(F)cc2Cl)C1. The minimum Gasteiger partial charge on any atom is -0.481 e. The number of aliphatic carboxylic acids is 1. The maximum absolute atomic E-state index is 13.1. The van der Waals surface area contributed by atoms with Gasteiger partial charge in [-0.25, -0.2) is 4.39 Å². The van der Waals surface area contributed by atoms with Gasteiger partial charge in [-0.3, -0.25) is 4.79 Å². The van der Waals surface area contributed by atoms with Crippen LogP contribution in [0.2, 0.25) is 10.0 Å². The maximum atomic E-state index is 13.1. The lowest BCUT2D eigenvalue weighted by molar-refractivity contribution is -0.141. The van der Waals surface area contributed by atoms with E-state index < -0.39 is 17.7 Å². The molecule has 1 heterocycles. The van der Waals surface area contributed by atoms with Gasteiger partial charge in [0, 0.05) is 17.6 Å². The fourth-order valence-electron chi connectivity index (χ4n) is 1.97. The second-order valence-corrected chi connectivity index (χ2v) is 4.83. The zero-order valence-corrected chi connectivity index (χ0v) is 10.2. The molecule has 0 amide bonds. The van der Waals surface area contributed by atoms with E-state index in [1.54, 1.807) is 0 Å². The van der Waals surface area contributed by atoms with E-state index in [1.807, 2.05) is 0 Å². The molecule has 2 unspecified atom stereocenters. The Bertz CT molecular complexity index is 467. The average Bonchev–Trinajstić information content (AvgIpc) is 2.72. The maximum Gasteiger partial charge on any atom is 0.307 e. The van der Waals surface area contributed by atoms with Gasteiger partial charge in [0.15, 0.2) is 0 Å². The molecule has 1 fully saturated rings. The van der Waals surface area contributed by atoms with Gasteiger partial charge in [0.25, 0.3) is 0 Å². The van der Waals surface area contributed by atoms with Crippen molar-refractivity contribution in [2.24, 2.45) is 5.92 Å². The van der Waals surface area contributed by atoms with Crippen molar-refractivity contribution in [1.29, 1.82) is 0 Å². The molecule has 1 aromatic rings. The summed E-state index contributed by atoms with van der Waals surface area (Å²) in [6.07, 6.45) is 0.428. The van der Waals surface area contributed by atoms with E-state index >= 15 is 0 Å². The number of carboxylic acid groups (broad SMARTS) is 1. The highest BCUT2D eigenvalue weighted by Gasteiger charge is 2.31. The highest BCUT2D eigenvalue weighted by atomic mass is 35.5. The molecule has 2 atom stereocenters. The first-order valence-electron chi connectivity index (χ1n) is 5.09. The van der Waals surface area contributed by atoms with Crippen LogP contribution in [0, 0.1) is 11.7 Å². The van der Waals surface area contributed by atoms with Gasteiger partial charge in [-0.1, -0.05) is 23.2 Å². The van der Waals surface area contributed by atoms with Crippen molar-refractivity contribution in [2.75, 3.05) is 6.54 Å². The Balaban J connectivity index is 2.24. The molecular formula is C11H10Cl2FNO2. The number of benzene rings is 1. The van der Waals surface area contributed by atoms with Crippen LogP contribution in [-0.4, -0.2) is 17.6 Å². The molecule has 0 aliphatic carbocycles. The van der Waals surface area contributed by atoms with E-state index in [-0.39, 0.29) is 16.1 Å². The molecule has 0 spiro atoms. The summed E-state index contributed by atoms with van der Waals surface area (Å²) in [5.41, 5.74) is 0.641. The van der Waals surface area contributed by atoms with Crippen molar-refractivity contribution in [3.05, 3.63) is 33.6 Å².